The Bertz CT molecular complexity index is 1580. The van der Waals surface area contributed by atoms with Gasteiger partial charge in [0.25, 0.3) is 0 Å². The van der Waals surface area contributed by atoms with Gasteiger partial charge in [0.15, 0.2) is 12.2 Å². The van der Waals surface area contributed by atoms with Crippen LogP contribution in [0.4, 0.5) is 0 Å². The first-order valence-corrected chi connectivity index (χ1v) is 35.0. The molecule has 3 unspecified atom stereocenters. The third-order valence-corrected chi connectivity index (χ3v) is 16.2. The molecule has 0 aromatic carbocycles. The average molecular weight is 1190 g/mol. The second-order valence-corrected chi connectivity index (χ2v) is 25.7. The zero-order valence-corrected chi connectivity index (χ0v) is 53.2. The van der Waals surface area contributed by atoms with Crippen molar-refractivity contribution in [1.29, 1.82) is 0 Å². The predicted molar refractivity (Wildman–Crippen MR) is 317 cm³/mol. The molecule has 17 nitrogen and oxygen atoms in total. The summed E-state index contributed by atoms with van der Waals surface area (Å²) in [7, 11) is -9.87. The van der Waals surface area contributed by atoms with Crippen molar-refractivity contribution in [3.8, 4) is 0 Å². The van der Waals surface area contributed by atoms with Crippen molar-refractivity contribution in [1.82, 2.24) is 0 Å². The largest absolute Gasteiger partial charge is 0.472 e. The fraction of sp³-hybridized carbons (Fsp3) is 0.934. The fourth-order valence-corrected chi connectivity index (χ4v) is 10.5. The van der Waals surface area contributed by atoms with Crippen molar-refractivity contribution in [2.75, 3.05) is 39.6 Å². The molecule has 3 N–H and O–H groups in total. The van der Waals surface area contributed by atoms with E-state index in [2.05, 4.69) is 41.5 Å². The van der Waals surface area contributed by atoms with Crippen LogP contribution in [0.1, 0.15) is 298 Å². The number of carbonyl (C=O) groups is 4. The molecule has 0 spiro atoms. The normalized spacial score (nSPS) is 14.7. The molecule has 0 radical (unpaired) electrons. The summed E-state index contributed by atoms with van der Waals surface area (Å²) >= 11 is 0. The second kappa shape index (κ2) is 53.8. The molecule has 0 amide bonds. The summed E-state index contributed by atoms with van der Waals surface area (Å²) in [6.45, 7) is 9.37. The van der Waals surface area contributed by atoms with Crippen molar-refractivity contribution in [2.24, 2.45) is 11.8 Å². The molecule has 19 heteroatoms. The van der Waals surface area contributed by atoms with Gasteiger partial charge in [0.2, 0.25) is 0 Å². The first kappa shape index (κ1) is 78.1. The summed E-state index contributed by atoms with van der Waals surface area (Å²) in [6.07, 6.45) is 34.9. The Kier molecular flexibility index (Phi) is 52.5. The van der Waals surface area contributed by atoms with Crippen molar-refractivity contribution in [2.45, 2.75) is 317 Å². The molecular weight excluding hydrogens is 1070 g/mol. The van der Waals surface area contributed by atoms with E-state index in [-0.39, 0.29) is 25.7 Å². The first-order chi connectivity index (χ1) is 38.4. The molecule has 0 bridgehead atoms. The summed E-state index contributed by atoms with van der Waals surface area (Å²) in [6, 6.07) is 0. The van der Waals surface area contributed by atoms with Crippen LogP contribution in [0.3, 0.4) is 0 Å². The number of phosphoric ester groups is 2. The highest BCUT2D eigenvalue weighted by molar-refractivity contribution is 7.47. The van der Waals surface area contributed by atoms with Crippen molar-refractivity contribution < 1.29 is 80.2 Å². The van der Waals surface area contributed by atoms with Gasteiger partial charge in [0, 0.05) is 25.7 Å². The maximum atomic E-state index is 12.9. The van der Waals surface area contributed by atoms with E-state index in [1.165, 1.54) is 96.3 Å². The minimum absolute atomic E-state index is 0.105. The average Bonchev–Trinajstić information content (AvgIpc) is 3.42. The molecule has 0 fully saturated rings. The third-order valence-electron chi connectivity index (χ3n) is 14.3. The lowest BCUT2D eigenvalue weighted by Gasteiger charge is -2.21. The van der Waals surface area contributed by atoms with Gasteiger partial charge in [-0.3, -0.25) is 37.3 Å². The number of rotatable bonds is 60. The number of unbranched alkanes of at least 4 members (excludes halogenated alkanes) is 29. The number of ether oxygens (including phenoxy) is 4. The number of esters is 4. The van der Waals surface area contributed by atoms with E-state index in [1.54, 1.807) is 0 Å². The van der Waals surface area contributed by atoms with Gasteiger partial charge in [-0.15, -0.1) is 0 Å². The molecule has 6 atom stereocenters. The lowest BCUT2D eigenvalue weighted by Crippen LogP contribution is -2.30. The highest BCUT2D eigenvalue weighted by Crippen LogP contribution is 2.45. The molecule has 0 aliphatic rings. The van der Waals surface area contributed by atoms with Crippen molar-refractivity contribution in [3.05, 3.63) is 0 Å². The summed E-state index contributed by atoms with van der Waals surface area (Å²) in [5.74, 6) is -0.648. The van der Waals surface area contributed by atoms with Crippen LogP contribution >= 0.6 is 15.6 Å². The summed E-state index contributed by atoms with van der Waals surface area (Å²) < 4.78 is 67.7. The lowest BCUT2D eigenvalue weighted by molar-refractivity contribution is -0.161. The minimum atomic E-state index is -4.94. The van der Waals surface area contributed by atoms with Gasteiger partial charge in [0.1, 0.15) is 19.3 Å². The highest BCUT2D eigenvalue weighted by Gasteiger charge is 2.30. The number of aliphatic hydroxyl groups excluding tert-OH is 1. The smallest absolute Gasteiger partial charge is 0.462 e. The molecular formula is C61H118O17P2. The van der Waals surface area contributed by atoms with E-state index in [0.717, 1.165) is 121 Å². The van der Waals surface area contributed by atoms with Gasteiger partial charge in [-0.1, -0.05) is 247 Å². The summed E-state index contributed by atoms with van der Waals surface area (Å²) in [4.78, 5) is 71.9. The monoisotopic (exact) mass is 1180 g/mol. The van der Waals surface area contributed by atoms with E-state index >= 15 is 0 Å². The zero-order chi connectivity index (χ0) is 59.4. The van der Waals surface area contributed by atoms with Crippen LogP contribution < -0.4 is 0 Å². The Morgan fingerprint density at radius 1 is 0.362 bits per heavy atom. The van der Waals surface area contributed by atoms with Crippen LogP contribution in [0.2, 0.25) is 0 Å². The molecule has 0 aliphatic carbocycles. The Morgan fingerprint density at radius 2 is 0.637 bits per heavy atom. The Morgan fingerprint density at radius 3 is 0.950 bits per heavy atom. The predicted octanol–water partition coefficient (Wildman–Crippen LogP) is 16.5. The van der Waals surface area contributed by atoms with Crippen molar-refractivity contribution >= 4 is 39.5 Å². The first-order valence-electron chi connectivity index (χ1n) is 32.0. The maximum absolute atomic E-state index is 12.9. The summed E-state index contributed by atoms with van der Waals surface area (Å²) in [5.41, 5.74) is 0. The molecule has 0 aliphatic heterocycles. The van der Waals surface area contributed by atoms with Crippen LogP contribution in [0.15, 0.2) is 0 Å². The number of hydrogen-bond donors (Lipinski definition) is 3. The van der Waals surface area contributed by atoms with E-state index in [4.69, 9.17) is 37.0 Å². The quantitative estimate of drug-likeness (QED) is 0.0222. The Balaban J connectivity index is 5.21. The van der Waals surface area contributed by atoms with Gasteiger partial charge in [-0.2, -0.15) is 0 Å². The number of hydrogen-bond acceptors (Lipinski definition) is 15. The number of phosphoric acid groups is 2. The van der Waals surface area contributed by atoms with E-state index < -0.39 is 97.5 Å². The van der Waals surface area contributed by atoms with Crippen LogP contribution in [0.5, 0.6) is 0 Å². The molecule has 0 saturated carbocycles. The van der Waals surface area contributed by atoms with Gasteiger partial charge in [-0.25, -0.2) is 9.13 Å². The molecule has 80 heavy (non-hydrogen) atoms. The van der Waals surface area contributed by atoms with E-state index in [9.17, 15) is 43.2 Å². The van der Waals surface area contributed by atoms with Crippen LogP contribution in [0.25, 0.3) is 0 Å². The third kappa shape index (κ3) is 54.0. The SMILES string of the molecule is CCCCCCCCCCCC(=O)O[C@H](COC(=O)CCCCCCCCC)COP(=O)(O)OC[C@H](O)COP(=O)(O)OC[C@@H](COC(=O)CCCCCCCCC(C)CC)OC(=O)CCCCCCCCCCCCCC(C)C. The van der Waals surface area contributed by atoms with Gasteiger partial charge in [0.05, 0.1) is 26.4 Å². The van der Waals surface area contributed by atoms with Gasteiger partial charge < -0.3 is 33.8 Å². The van der Waals surface area contributed by atoms with Crippen LogP contribution in [-0.4, -0.2) is 96.7 Å². The Labute approximate surface area is 486 Å². The summed E-state index contributed by atoms with van der Waals surface area (Å²) in [5, 5.41) is 10.5. The molecule has 474 valence electrons. The molecule has 0 heterocycles. The van der Waals surface area contributed by atoms with E-state index in [1.807, 2.05) is 0 Å². The fourth-order valence-electron chi connectivity index (χ4n) is 8.97. The highest BCUT2D eigenvalue weighted by atomic mass is 31.2. The van der Waals surface area contributed by atoms with Gasteiger partial charge in [-0.05, 0) is 37.5 Å². The topological polar surface area (TPSA) is 237 Å². The minimum Gasteiger partial charge on any atom is -0.462 e. The second-order valence-electron chi connectivity index (χ2n) is 22.8. The maximum Gasteiger partial charge on any atom is 0.472 e. The van der Waals surface area contributed by atoms with Crippen LogP contribution in [-0.2, 0) is 65.4 Å². The van der Waals surface area contributed by atoms with Crippen molar-refractivity contribution in [3.63, 3.8) is 0 Å². The Hall–Kier alpha value is -1.94. The molecule has 0 saturated heterocycles. The standard InChI is InChI=1S/C61H118O17P2/c1-7-10-12-14-16-20-25-33-39-45-60(65)77-56(49-71-58(63)43-37-31-23-15-13-11-8-2)51-75-79(67,68)73-47-55(62)48-74-80(69,70)76-52-57(50-72-59(64)44-38-32-28-27-30-36-42-54(6)9-3)78-61(66)46-40-34-26-22-19-17-18-21-24-29-35-41-53(4)5/h53-57,62H,7-52H2,1-6H3,(H,67,68)(H,69,70)/t54?,55-,56+,57+/m0/s1. The molecule has 0 rings (SSSR count). The zero-order valence-electron chi connectivity index (χ0n) is 51.4. The van der Waals surface area contributed by atoms with E-state index in [0.29, 0.717) is 25.7 Å². The molecule has 0 aromatic rings. The number of aliphatic hydroxyl groups is 1. The lowest BCUT2D eigenvalue weighted by atomic mass is 10.00. The van der Waals surface area contributed by atoms with Crippen LogP contribution in [0, 0.1) is 11.8 Å². The molecule has 0 aromatic heterocycles. The van der Waals surface area contributed by atoms with Gasteiger partial charge >= 0.3 is 39.5 Å². The number of carbonyl (C=O) groups excluding carboxylic acids is 4.